The van der Waals surface area contributed by atoms with Gasteiger partial charge in [-0.25, -0.2) is 22.5 Å². The summed E-state index contributed by atoms with van der Waals surface area (Å²) in [6, 6.07) is 11.0. The standard InChI is InChI=1S/C33H30F6N6O/c1-16-8-24-30(32(36)37)44-45(31(24)33(16,38)39)15-28(46)42-26(11-17-9-21(34)12-22(35)10-17)29-23(13-25(41)27(14-40)43-29)20-6-4-19(5-7-20)18-2-3-18/h4-7,9-10,12-14,16,18,26,32,40H,2-3,8,11,15,41H2,1H3,(H,42,46). The first kappa shape index (κ1) is 31.3. The van der Waals surface area contributed by atoms with E-state index in [0.717, 1.165) is 36.8 Å². The Kier molecular flexibility index (Phi) is 8.11. The second-order valence-corrected chi connectivity index (χ2v) is 11.9. The summed E-state index contributed by atoms with van der Waals surface area (Å²) < 4.78 is 86.8. The van der Waals surface area contributed by atoms with Crippen molar-refractivity contribution >= 4 is 17.8 Å². The molecule has 2 aromatic carbocycles. The molecule has 4 N–H and O–H groups in total. The van der Waals surface area contributed by atoms with E-state index < -0.39 is 59.8 Å². The second-order valence-electron chi connectivity index (χ2n) is 11.9. The number of halogens is 6. The van der Waals surface area contributed by atoms with Crippen LogP contribution in [0.4, 0.5) is 32.0 Å². The summed E-state index contributed by atoms with van der Waals surface area (Å²) in [5.41, 5.74) is 7.25. The number of carbonyl (C=O) groups is 1. The number of pyridine rings is 1. The van der Waals surface area contributed by atoms with Gasteiger partial charge in [-0.15, -0.1) is 0 Å². The van der Waals surface area contributed by atoms with Gasteiger partial charge in [-0.3, -0.25) is 9.48 Å². The molecule has 6 rings (SSSR count). The number of carbonyl (C=O) groups excluding carboxylic acids is 1. The SMILES string of the molecule is CC1Cc2c(C(F)F)nn(CC(=O)NC(Cc3cc(F)cc(F)c3)c3nc(C=N)c(N)cc3-c3ccc(C4CC4)cc3)c2C1(F)F. The van der Waals surface area contributed by atoms with Gasteiger partial charge in [0.2, 0.25) is 5.91 Å². The van der Waals surface area contributed by atoms with E-state index in [4.69, 9.17) is 11.1 Å². The van der Waals surface area contributed by atoms with E-state index in [1.54, 1.807) is 6.07 Å². The van der Waals surface area contributed by atoms with E-state index in [9.17, 15) is 22.4 Å². The normalized spacial score (nSPS) is 17.6. The zero-order valence-corrected chi connectivity index (χ0v) is 24.6. The highest BCUT2D eigenvalue weighted by molar-refractivity contribution is 5.85. The Morgan fingerprint density at radius 3 is 2.39 bits per heavy atom. The minimum Gasteiger partial charge on any atom is -0.397 e. The largest absolute Gasteiger partial charge is 0.397 e. The van der Waals surface area contributed by atoms with Crippen molar-refractivity contribution in [2.24, 2.45) is 5.92 Å². The molecule has 2 unspecified atom stereocenters. The number of nitrogens with two attached hydrogens (primary N) is 1. The van der Waals surface area contributed by atoms with E-state index in [1.165, 1.54) is 6.92 Å². The number of rotatable bonds is 10. The third-order valence-corrected chi connectivity index (χ3v) is 8.57. The monoisotopic (exact) mass is 640 g/mol. The van der Waals surface area contributed by atoms with Crippen LogP contribution in [0.25, 0.3) is 11.1 Å². The van der Waals surface area contributed by atoms with Crippen LogP contribution in [-0.2, 0) is 30.1 Å². The van der Waals surface area contributed by atoms with Crippen molar-refractivity contribution in [3.8, 4) is 11.1 Å². The van der Waals surface area contributed by atoms with Gasteiger partial charge < -0.3 is 16.5 Å². The van der Waals surface area contributed by atoms with E-state index in [1.807, 2.05) is 24.3 Å². The van der Waals surface area contributed by atoms with Crippen molar-refractivity contribution in [1.29, 1.82) is 5.41 Å². The summed E-state index contributed by atoms with van der Waals surface area (Å²) >= 11 is 0. The fourth-order valence-corrected chi connectivity index (χ4v) is 6.13. The lowest BCUT2D eigenvalue weighted by Crippen LogP contribution is -2.35. The van der Waals surface area contributed by atoms with Gasteiger partial charge >= 0.3 is 0 Å². The predicted octanol–water partition coefficient (Wildman–Crippen LogP) is 7.00. The van der Waals surface area contributed by atoms with Crippen LogP contribution in [0.1, 0.15) is 77.6 Å². The average molecular weight is 641 g/mol. The van der Waals surface area contributed by atoms with Gasteiger partial charge in [-0.05, 0) is 66.5 Å². The molecule has 0 bridgehead atoms. The van der Waals surface area contributed by atoms with E-state index >= 15 is 8.78 Å². The molecule has 2 atom stereocenters. The van der Waals surface area contributed by atoms with E-state index in [2.05, 4.69) is 15.4 Å². The predicted molar refractivity (Wildman–Crippen MR) is 159 cm³/mol. The molecular formula is C33H30F6N6O. The van der Waals surface area contributed by atoms with Crippen molar-refractivity contribution in [1.82, 2.24) is 20.1 Å². The first-order valence-electron chi connectivity index (χ1n) is 14.8. The minimum atomic E-state index is -3.49. The zero-order chi connectivity index (χ0) is 32.9. The summed E-state index contributed by atoms with van der Waals surface area (Å²) in [6.07, 6.45) is -0.538. The van der Waals surface area contributed by atoms with Crippen LogP contribution in [-0.4, -0.2) is 26.9 Å². The number of anilines is 1. The minimum absolute atomic E-state index is 0.0677. The summed E-state index contributed by atoms with van der Waals surface area (Å²) in [7, 11) is 0. The number of alkyl halides is 4. The number of fused-ring (bicyclic) bond motifs is 1. The third-order valence-electron chi connectivity index (χ3n) is 8.57. The Balaban J connectivity index is 1.40. The number of benzene rings is 2. The smallest absolute Gasteiger partial charge is 0.292 e. The first-order chi connectivity index (χ1) is 21.8. The Morgan fingerprint density at radius 1 is 1.11 bits per heavy atom. The molecule has 0 radical (unpaired) electrons. The molecule has 240 valence electrons. The highest BCUT2D eigenvalue weighted by Crippen LogP contribution is 2.48. The van der Waals surface area contributed by atoms with Gasteiger partial charge in [0.15, 0.2) is 0 Å². The summed E-state index contributed by atoms with van der Waals surface area (Å²) in [5, 5.41) is 14.2. The average Bonchev–Trinajstić information content (AvgIpc) is 3.73. The number of hydrogen-bond donors (Lipinski definition) is 3. The van der Waals surface area contributed by atoms with Crippen LogP contribution < -0.4 is 11.1 Å². The molecule has 2 aromatic heterocycles. The molecule has 0 aliphatic heterocycles. The van der Waals surface area contributed by atoms with E-state index in [0.29, 0.717) is 27.8 Å². The quantitative estimate of drug-likeness (QED) is 0.128. The van der Waals surface area contributed by atoms with Gasteiger partial charge in [0, 0.05) is 29.3 Å². The fourth-order valence-electron chi connectivity index (χ4n) is 6.13. The number of hydrogen-bond acceptors (Lipinski definition) is 5. The lowest BCUT2D eigenvalue weighted by atomic mass is 9.93. The number of amides is 1. The molecule has 0 saturated heterocycles. The molecule has 2 aliphatic rings. The third kappa shape index (κ3) is 5.97. The molecule has 13 heteroatoms. The Hall–Kier alpha value is -4.68. The van der Waals surface area contributed by atoms with Crippen LogP contribution in [0.3, 0.4) is 0 Å². The Morgan fingerprint density at radius 2 is 1.78 bits per heavy atom. The van der Waals surface area contributed by atoms with Gasteiger partial charge in [-0.2, -0.15) is 13.9 Å². The van der Waals surface area contributed by atoms with Crippen molar-refractivity contribution in [2.45, 2.75) is 63.5 Å². The highest BCUT2D eigenvalue weighted by Gasteiger charge is 2.51. The molecule has 2 heterocycles. The number of nitrogens with zero attached hydrogens (tertiary/aromatic N) is 3. The topological polar surface area (TPSA) is 110 Å². The maximum atomic E-state index is 15.1. The van der Waals surface area contributed by atoms with Crippen molar-refractivity contribution in [3.05, 3.63) is 99.6 Å². The molecule has 1 amide bonds. The second kappa shape index (κ2) is 11.9. The molecule has 1 saturated carbocycles. The lowest BCUT2D eigenvalue weighted by Gasteiger charge is -2.23. The van der Waals surface area contributed by atoms with Crippen LogP contribution >= 0.6 is 0 Å². The van der Waals surface area contributed by atoms with Crippen molar-refractivity contribution < 1.29 is 31.1 Å². The molecule has 7 nitrogen and oxygen atoms in total. The van der Waals surface area contributed by atoms with Gasteiger partial charge in [0.25, 0.3) is 12.3 Å². The van der Waals surface area contributed by atoms with Gasteiger partial charge in [-0.1, -0.05) is 31.2 Å². The lowest BCUT2D eigenvalue weighted by molar-refractivity contribution is -0.123. The molecular weight excluding hydrogens is 610 g/mol. The highest BCUT2D eigenvalue weighted by atomic mass is 19.3. The summed E-state index contributed by atoms with van der Waals surface area (Å²) in [6.45, 7) is 0.406. The van der Waals surface area contributed by atoms with Crippen LogP contribution in [0.2, 0.25) is 0 Å². The summed E-state index contributed by atoms with van der Waals surface area (Å²) in [5.74, 6) is -6.88. The van der Waals surface area contributed by atoms with Crippen LogP contribution in [0.15, 0.2) is 48.5 Å². The maximum absolute atomic E-state index is 15.1. The van der Waals surface area contributed by atoms with E-state index in [-0.39, 0.29) is 41.0 Å². The molecule has 2 aliphatic carbocycles. The Bertz CT molecular complexity index is 1800. The number of nitrogen functional groups attached to an aromatic ring is 1. The molecule has 4 aromatic rings. The molecule has 0 spiro atoms. The number of nitrogens with one attached hydrogen (secondary N) is 2. The Labute approximate surface area is 260 Å². The summed E-state index contributed by atoms with van der Waals surface area (Å²) in [4.78, 5) is 18.1. The van der Waals surface area contributed by atoms with Gasteiger partial charge in [0.1, 0.15) is 35.3 Å². The maximum Gasteiger partial charge on any atom is 0.292 e. The molecule has 46 heavy (non-hydrogen) atoms. The number of aromatic nitrogens is 3. The first-order valence-corrected chi connectivity index (χ1v) is 14.8. The molecule has 1 fully saturated rings. The van der Waals surface area contributed by atoms with Gasteiger partial charge in [0.05, 0.1) is 17.4 Å². The zero-order valence-electron chi connectivity index (χ0n) is 24.6. The van der Waals surface area contributed by atoms with Crippen molar-refractivity contribution in [2.75, 3.05) is 5.73 Å². The van der Waals surface area contributed by atoms with Crippen LogP contribution in [0.5, 0.6) is 0 Å². The fraction of sp³-hybridized carbons (Fsp3) is 0.333. The van der Waals surface area contributed by atoms with Crippen LogP contribution in [0, 0.1) is 23.0 Å². The van der Waals surface area contributed by atoms with Crippen molar-refractivity contribution in [3.63, 3.8) is 0 Å².